The van der Waals surface area contributed by atoms with Crippen molar-refractivity contribution < 1.29 is 35.4 Å². The van der Waals surface area contributed by atoms with Gasteiger partial charge in [-0.15, -0.1) is 0 Å². The van der Waals surface area contributed by atoms with Crippen LogP contribution >= 0.6 is 12.2 Å². The molecule has 1 heterocycles. The van der Waals surface area contributed by atoms with Crippen LogP contribution in [-0.4, -0.2) is 29.4 Å². The normalized spacial score (nSPS) is 20.2. The Bertz CT molecular complexity index is 1490. The van der Waals surface area contributed by atoms with E-state index >= 15 is 4.39 Å². The van der Waals surface area contributed by atoms with E-state index in [1.165, 1.54) is 6.07 Å². The predicted octanol–water partition coefficient (Wildman–Crippen LogP) is 4.14. The summed E-state index contributed by atoms with van der Waals surface area (Å²) in [6, 6.07) is 0.761. The van der Waals surface area contributed by atoms with E-state index in [0.717, 1.165) is 11.0 Å². The third-order valence-electron chi connectivity index (χ3n) is 5.57. The molecule has 0 atom stereocenters. The van der Waals surface area contributed by atoms with E-state index in [-0.39, 0.29) is 12.8 Å². The van der Waals surface area contributed by atoms with Crippen LogP contribution in [0.1, 0.15) is 49.0 Å². The van der Waals surface area contributed by atoms with E-state index in [1.807, 2.05) is 0 Å². The van der Waals surface area contributed by atoms with Gasteiger partial charge in [-0.3, -0.25) is 14.5 Å². The lowest BCUT2D eigenvalue weighted by Crippen LogP contribution is -2.55. The fraction of sp³-hybridized carbons (Fsp3) is 0.273. The lowest BCUT2D eigenvalue weighted by atomic mass is 9.75. The number of carbonyl (C=O) groups is 2. The number of hydrogen-bond acceptors (Lipinski definition) is 4. The molecule has 0 radical (unpaired) electrons. The van der Waals surface area contributed by atoms with Gasteiger partial charge in [-0.25, -0.2) is 4.39 Å². The molecule has 6 nitrogen and oxygen atoms in total. The second kappa shape index (κ2) is 7.81. The number of anilines is 2. The summed E-state index contributed by atoms with van der Waals surface area (Å²) in [6.07, 6.45) is -4.70. The van der Waals surface area contributed by atoms with Crippen LogP contribution in [0.25, 0.3) is 0 Å². The number of halogens is 4. The molecule has 1 saturated heterocycles. The number of rotatable bonds is 3. The van der Waals surface area contributed by atoms with Crippen LogP contribution in [0, 0.1) is 17.1 Å². The first-order chi connectivity index (χ1) is 17.9. The maximum atomic E-state index is 15.2. The quantitative estimate of drug-likeness (QED) is 0.526. The third kappa shape index (κ3) is 3.41. The van der Waals surface area contributed by atoms with E-state index < -0.39 is 87.6 Å². The second-order valence-electron chi connectivity index (χ2n) is 7.35. The Balaban J connectivity index is 1.91. The molecule has 2 aliphatic rings. The molecule has 2 fully saturated rings. The number of thiocarbonyl (C=S) groups is 1. The summed E-state index contributed by atoms with van der Waals surface area (Å²) in [7, 11) is 0. The molecule has 11 heteroatoms. The monoisotopic (exact) mass is 482 g/mol. The zero-order valence-electron chi connectivity index (χ0n) is 22.4. The molecule has 1 spiro atoms. The van der Waals surface area contributed by atoms with Crippen LogP contribution < -0.4 is 15.1 Å². The fourth-order valence-corrected chi connectivity index (χ4v) is 4.29. The van der Waals surface area contributed by atoms with E-state index in [2.05, 4.69) is 0 Å². The van der Waals surface area contributed by atoms with Crippen molar-refractivity contribution in [1.29, 1.82) is 5.26 Å². The van der Waals surface area contributed by atoms with Crippen molar-refractivity contribution in [1.82, 2.24) is 5.32 Å². The smallest absolute Gasteiger partial charge is 0.355 e. The topological polar surface area (TPSA) is 76.4 Å². The second-order valence-corrected chi connectivity index (χ2v) is 7.71. The standard InChI is InChI=1S/C22H16F4N4O2S/c1-28-18(31)14-5-4-13(10-16(14)23)30-20(33)29(19(32)21(30)7-2-8-21)17-6-3-12(11-27)9-15(17)22(24,25)26/h3-6,9-10H,2,7-8H2,1H3,(H,28,31)/i1D3,4D,6D,10D. The molecule has 170 valence electrons. The van der Waals surface area contributed by atoms with Gasteiger partial charge in [-0.1, -0.05) is 0 Å². The highest BCUT2D eigenvalue weighted by atomic mass is 32.1. The van der Waals surface area contributed by atoms with Gasteiger partial charge < -0.3 is 10.2 Å². The molecule has 0 aromatic heterocycles. The molecule has 4 rings (SSSR count). The van der Waals surface area contributed by atoms with Crippen LogP contribution in [0.4, 0.5) is 28.9 Å². The minimum Gasteiger partial charge on any atom is -0.355 e. The summed E-state index contributed by atoms with van der Waals surface area (Å²) in [4.78, 5) is 27.3. The molecular formula is C22H16F4N4O2S. The molecule has 33 heavy (non-hydrogen) atoms. The van der Waals surface area contributed by atoms with E-state index in [1.54, 1.807) is 5.32 Å². The average Bonchev–Trinajstić information content (AvgIpc) is 3.00. The van der Waals surface area contributed by atoms with Gasteiger partial charge >= 0.3 is 6.18 Å². The summed E-state index contributed by atoms with van der Waals surface area (Å²) in [5, 5.41) is 9.97. The number of alkyl halides is 3. The minimum atomic E-state index is -5.11. The van der Waals surface area contributed by atoms with Gasteiger partial charge in [0.2, 0.25) is 0 Å². The van der Waals surface area contributed by atoms with Gasteiger partial charge in [0, 0.05) is 16.8 Å². The summed E-state index contributed by atoms with van der Waals surface area (Å²) in [5.41, 5.74) is -6.19. The van der Waals surface area contributed by atoms with Crippen molar-refractivity contribution in [3.63, 3.8) is 0 Å². The fourth-order valence-electron chi connectivity index (χ4n) is 3.85. The van der Waals surface area contributed by atoms with Crippen molar-refractivity contribution in [2.45, 2.75) is 31.0 Å². The highest BCUT2D eigenvalue weighted by Gasteiger charge is 2.60. The molecule has 1 N–H and O–H groups in total. The van der Waals surface area contributed by atoms with Gasteiger partial charge in [0.15, 0.2) is 5.11 Å². The predicted molar refractivity (Wildman–Crippen MR) is 115 cm³/mol. The van der Waals surface area contributed by atoms with E-state index in [0.29, 0.717) is 23.5 Å². The van der Waals surface area contributed by atoms with Crippen molar-refractivity contribution in [3.8, 4) is 6.07 Å². The Morgan fingerprint density at radius 3 is 2.67 bits per heavy atom. The molecule has 0 unspecified atom stereocenters. The summed E-state index contributed by atoms with van der Waals surface area (Å²) in [6.45, 7) is -3.00. The Morgan fingerprint density at radius 2 is 2.09 bits per heavy atom. The number of carbonyl (C=O) groups excluding carboxylic acids is 2. The Hall–Kier alpha value is -3.52. The maximum Gasteiger partial charge on any atom is 0.418 e. The van der Waals surface area contributed by atoms with E-state index in [9.17, 15) is 22.8 Å². The molecule has 2 amide bonds. The first-order valence-corrected chi connectivity index (χ1v) is 9.78. The maximum absolute atomic E-state index is 15.2. The lowest BCUT2D eigenvalue weighted by molar-refractivity contribution is -0.137. The zero-order chi connectivity index (χ0) is 29.2. The highest BCUT2D eigenvalue weighted by molar-refractivity contribution is 7.81. The number of hydrogen-bond donors (Lipinski definition) is 1. The van der Waals surface area contributed by atoms with Gasteiger partial charge in [-0.05, 0) is 67.8 Å². The molecule has 0 bridgehead atoms. The van der Waals surface area contributed by atoms with Gasteiger partial charge in [0.25, 0.3) is 11.8 Å². The first-order valence-electron chi connectivity index (χ1n) is 12.4. The summed E-state index contributed by atoms with van der Waals surface area (Å²) in [5.74, 6) is -3.97. The highest BCUT2D eigenvalue weighted by Crippen LogP contribution is 2.49. The van der Waals surface area contributed by atoms with Gasteiger partial charge in [0.1, 0.15) is 11.4 Å². The number of amides is 2. The van der Waals surface area contributed by atoms with Crippen LogP contribution in [0.15, 0.2) is 36.3 Å². The van der Waals surface area contributed by atoms with Crippen molar-refractivity contribution in [2.75, 3.05) is 16.8 Å². The third-order valence-corrected chi connectivity index (χ3v) is 5.93. The zero-order valence-corrected chi connectivity index (χ0v) is 17.2. The lowest BCUT2D eigenvalue weighted by Gasteiger charge is -2.43. The number of nitrogens with zero attached hydrogens (tertiary/aromatic N) is 3. The number of nitriles is 1. The molecule has 1 saturated carbocycles. The summed E-state index contributed by atoms with van der Waals surface area (Å²) < 4.78 is 103. The molecule has 2 aromatic rings. The molecule has 2 aromatic carbocycles. The van der Waals surface area contributed by atoms with Crippen LogP contribution in [0.5, 0.6) is 0 Å². The van der Waals surface area contributed by atoms with Crippen molar-refractivity contribution in [3.05, 3.63) is 58.8 Å². The minimum absolute atomic E-state index is 0.00915. The number of nitrogens with one attached hydrogen (secondary N) is 1. The van der Waals surface area contributed by atoms with Crippen molar-refractivity contribution >= 4 is 40.5 Å². The Labute approximate surface area is 199 Å². The largest absolute Gasteiger partial charge is 0.418 e. The Kier molecular flexibility index (Phi) is 3.82. The first kappa shape index (κ1) is 16.1. The Morgan fingerprint density at radius 1 is 1.36 bits per heavy atom. The van der Waals surface area contributed by atoms with E-state index in [4.69, 9.17) is 25.7 Å². The average molecular weight is 482 g/mol. The van der Waals surface area contributed by atoms with Crippen LogP contribution in [-0.2, 0) is 11.0 Å². The molecule has 1 aliphatic heterocycles. The molecular weight excluding hydrogens is 460 g/mol. The van der Waals surface area contributed by atoms with Gasteiger partial charge in [0.05, 0.1) is 32.6 Å². The van der Waals surface area contributed by atoms with Crippen LogP contribution in [0.3, 0.4) is 0 Å². The van der Waals surface area contributed by atoms with Gasteiger partial charge in [-0.2, -0.15) is 18.4 Å². The SMILES string of the molecule is [2H]c1cc(C#N)cc(C(F)(F)F)c1N1C(=O)C2(CCC2)N(c2c([2H])cc(C(=O)NC([2H])([2H])[2H])c(F)c2[2H])C1=S. The van der Waals surface area contributed by atoms with Crippen molar-refractivity contribution in [2.24, 2.45) is 0 Å². The number of benzene rings is 2. The molecule has 1 aliphatic carbocycles. The van der Waals surface area contributed by atoms with Crippen LogP contribution in [0.2, 0.25) is 0 Å². The summed E-state index contributed by atoms with van der Waals surface area (Å²) >= 11 is 5.35.